The molecule has 3 aromatic rings. The highest BCUT2D eigenvalue weighted by Gasteiger charge is 2.42. The minimum absolute atomic E-state index is 0.120. The Kier molecular flexibility index (Phi) is 5.77. The largest absolute Gasteiger partial charge is 0.334 e. The Bertz CT molecular complexity index is 1200. The van der Waals surface area contributed by atoms with Gasteiger partial charge in [-0.3, -0.25) is 19.3 Å². The van der Waals surface area contributed by atoms with Crippen LogP contribution in [0, 0.1) is 5.92 Å². The Hall–Kier alpha value is -3.74. The normalized spacial score (nSPS) is 15.9. The molecule has 7 heteroatoms. The zero-order valence-corrected chi connectivity index (χ0v) is 19.5. The van der Waals surface area contributed by atoms with Crippen LogP contribution in [0.1, 0.15) is 59.7 Å². The molecule has 0 spiro atoms. The number of imide groups is 1. The fourth-order valence-electron chi connectivity index (χ4n) is 4.77. The van der Waals surface area contributed by atoms with Crippen molar-refractivity contribution < 1.29 is 14.4 Å². The number of anilines is 1. The quantitative estimate of drug-likeness (QED) is 0.552. The standard InChI is InChI=1S/C27H28N4O3/c1-17(2)15-23(31-26(33)20-7-3-4-8-21(20)27(31)34)25(32)28-19-12-10-18(11-13-19)22-16-30-14-6-5-9-24(30)29-22/h3-4,7-8,10-13,16-17,23H,5-6,9,14-15H2,1-2H3,(H,28,32). The molecule has 3 heterocycles. The highest BCUT2D eigenvalue weighted by molar-refractivity contribution is 6.23. The van der Waals surface area contributed by atoms with Gasteiger partial charge in [0.2, 0.25) is 5.91 Å². The van der Waals surface area contributed by atoms with Crippen LogP contribution >= 0.6 is 0 Å². The molecule has 3 amide bonds. The number of aryl methyl sites for hydroxylation is 2. The molecule has 2 aliphatic rings. The molecule has 1 unspecified atom stereocenters. The molecule has 0 radical (unpaired) electrons. The van der Waals surface area contributed by atoms with E-state index >= 15 is 0 Å². The number of rotatable bonds is 6. The lowest BCUT2D eigenvalue weighted by molar-refractivity contribution is -0.120. The van der Waals surface area contributed by atoms with E-state index in [9.17, 15) is 14.4 Å². The first-order valence-electron chi connectivity index (χ1n) is 11.9. The zero-order valence-electron chi connectivity index (χ0n) is 19.5. The number of fused-ring (bicyclic) bond motifs is 2. The lowest BCUT2D eigenvalue weighted by Gasteiger charge is -2.26. The highest BCUT2D eigenvalue weighted by atomic mass is 16.2. The van der Waals surface area contributed by atoms with Crippen LogP contribution in [0.4, 0.5) is 5.69 Å². The molecule has 0 saturated carbocycles. The van der Waals surface area contributed by atoms with Crippen LogP contribution in [0.25, 0.3) is 11.3 Å². The van der Waals surface area contributed by atoms with Gasteiger partial charge in [-0.1, -0.05) is 38.1 Å². The van der Waals surface area contributed by atoms with Gasteiger partial charge in [-0.2, -0.15) is 0 Å². The number of aromatic nitrogens is 2. The average Bonchev–Trinajstić information content (AvgIpc) is 3.37. The van der Waals surface area contributed by atoms with Crippen LogP contribution in [-0.2, 0) is 17.8 Å². The van der Waals surface area contributed by atoms with E-state index in [0.29, 0.717) is 23.2 Å². The Morgan fingerprint density at radius 2 is 1.68 bits per heavy atom. The molecule has 2 aromatic carbocycles. The monoisotopic (exact) mass is 456 g/mol. The molecule has 174 valence electrons. The fraction of sp³-hybridized carbons (Fsp3) is 0.333. The van der Waals surface area contributed by atoms with E-state index in [-0.39, 0.29) is 11.8 Å². The molecule has 0 saturated heterocycles. The second kappa shape index (κ2) is 8.89. The molecule has 34 heavy (non-hydrogen) atoms. The average molecular weight is 457 g/mol. The molecule has 0 aliphatic carbocycles. The first kappa shape index (κ1) is 22.1. The first-order valence-corrected chi connectivity index (χ1v) is 11.9. The van der Waals surface area contributed by atoms with Gasteiger partial charge in [-0.25, -0.2) is 4.98 Å². The molecular weight excluding hydrogens is 428 g/mol. The van der Waals surface area contributed by atoms with Crippen molar-refractivity contribution >= 4 is 23.4 Å². The molecule has 0 bridgehead atoms. The molecule has 7 nitrogen and oxygen atoms in total. The first-order chi connectivity index (χ1) is 16.4. The minimum atomic E-state index is -0.882. The molecule has 1 aromatic heterocycles. The molecular formula is C27H28N4O3. The molecule has 1 atom stereocenters. The summed E-state index contributed by atoms with van der Waals surface area (Å²) in [6.45, 7) is 4.95. The number of hydrogen-bond donors (Lipinski definition) is 1. The Morgan fingerprint density at radius 3 is 2.29 bits per heavy atom. The maximum atomic E-state index is 13.3. The summed E-state index contributed by atoms with van der Waals surface area (Å²) in [6.07, 6.45) is 5.83. The van der Waals surface area contributed by atoms with E-state index < -0.39 is 17.9 Å². The summed E-state index contributed by atoms with van der Waals surface area (Å²) in [5.74, 6) is 0.0416. The minimum Gasteiger partial charge on any atom is -0.334 e. The number of imidazole rings is 1. The van der Waals surface area contributed by atoms with E-state index in [1.54, 1.807) is 24.3 Å². The highest BCUT2D eigenvalue weighted by Crippen LogP contribution is 2.28. The number of carbonyl (C=O) groups excluding carboxylic acids is 3. The topological polar surface area (TPSA) is 84.3 Å². The van der Waals surface area contributed by atoms with Crippen molar-refractivity contribution in [1.82, 2.24) is 14.5 Å². The molecule has 5 rings (SSSR count). The number of nitrogens with zero attached hydrogens (tertiary/aromatic N) is 3. The summed E-state index contributed by atoms with van der Waals surface area (Å²) in [6, 6.07) is 13.4. The van der Waals surface area contributed by atoms with Crippen LogP contribution in [0.3, 0.4) is 0 Å². The smallest absolute Gasteiger partial charge is 0.262 e. The van der Waals surface area contributed by atoms with Gasteiger partial charge >= 0.3 is 0 Å². The van der Waals surface area contributed by atoms with Gasteiger partial charge in [-0.05, 0) is 49.4 Å². The van der Waals surface area contributed by atoms with Crippen molar-refractivity contribution in [3.05, 3.63) is 71.7 Å². The Balaban J connectivity index is 1.34. The van der Waals surface area contributed by atoms with Gasteiger partial charge in [-0.15, -0.1) is 0 Å². The second-order valence-electron chi connectivity index (χ2n) is 9.43. The maximum Gasteiger partial charge on any atom is 0.262 e. The number of carbonyl (C=O) groups is 3. The van der Waals surface area contributed by atoms with Gasteiger partial charge in [0.05, 0.1) is 16.8 Å². The fourth-order valence-corrected chi connectivity index (χ4v) is 4.77. The third kappa shape index (κ3) is 4.02. The van der Waals surface area contributed by atoms with Crippen molar-refractivity contribution in [3.8, 4) is 11.3 Å². The lowest BCUT2D eigenvalue weighted by Crippen LogP contribution is -2.47. The van der Waals surface area contributed by atoms with Gasteiger partial charge < -0.3 is 9.88 Å². The van der Waals surface area contributed by atoms with Crippen molar-refractivity contribution in [2.24, 2.45) is 5.92 Å². The summed E-state index contributed by atoms with van der Waals surface area (Å²) in [5, 5.41) is 2.91. The lowest BCUT2D eigenvalue weighted by atomic mass is 10.0. The van der Waals surface area contributed by atoms with E-state index in [0.717, 1.165) is 34.9 Å². The number of amides is 3. The summed E-state index contributed by atoms with van der Waals surface area (Å²) in [7, 11) is 0. The van der Waals surface area contributed by atoms with Gasteiger partial charge in [0.1, 0.15) is 11.9 Å². The van der Waals surface area contributed by atoms with Gasteiger partial charge in [0, 0.05) is 30.4 Å². The Morgan fingerprint density at radius 1 is 1.00 bits per heavy atom. The zero-order chi connectivity index (χ0) is 23.8. The van der Waals surface area contributed by atoms with Crippen molar-refractivity contribution in [1.29, 1.82) is 0 Å². The van der Waals surface area contributed by atoms with Crippen molar-refractivity contribution in [2.45, 2.75) is 52.1 Å². The SMILES string of the molecule is CC(C)CC(C(=O)Nc1ccc(-c2cn3c(n2)CCCC3)cc1)N1C(=O)c2ccccc2C1=O. The maximum absolute atomic E-state index is 13.3. The van der Waals surface area contributed by atoms with E-state index in [1.807, 2.05) is 38.1 Å². The predicted molar refractivity (Wildman–Crippen MR) is 129 cm³/mol. The van der Waals surface area contributed by atoms with Crippen LogP contribution in [0.15, 0.2) is 54.7 Å². The van der Waals surface area contributed by atoms with Crippen molar-refractivity contribution in [3.63, 3.8) is 0 Å². The third-order valence-electron chi connectivity index (χ3n) is 6.49. The molecule has 1 N–H and O–H groups in total. The van der Waals surface area contributed by atoms with Crippen LogP contribution < -0.4 is 5.32 Å². The van der Waals surface area contributed by atoms with E-state index in [2.05, 4.69) is 16.1 Å². The third-order valence-corrected chi connectivity index (χ3v) is 6.49. The summed E-state index contributed by atoms with van der Waals surface area (Å²) < 4.78 is 2.22. The van der Waals surface area contributed by atoms with Gasteiger partial charge in [0.25, 0.3) is 11.8 Å². The van der Waals surface area contributed by atoms with Crippen LogP contribution in [0.5, 0.6) is 0 Å². The predicted octanol–water partition coefficient (Wildman–Crippen LogP) is 4.54. The number of nitrogens with one attached hydrogen (secondary N) is 1. The summed E-state index contributed by atoms with van der Waals surface area (Å²) in [5.41, 5.74) is 3.22. The summed E-state index contributed by atoms with van der Waals surface area (Å²) >= 11 is 0. The summed E-state index contributed by atoms with van der Waals surface area (Å²) in [4.78, 5) is 45.1. The number of benzene rings is 2. The van der Waals surface area contributed by atoms with E-state index in [4.69, 9.17) is 4.98 Å². The molecule has 0 fully saturated rings. The van der Waals surface area contributed by atoms with Crippen LogP contribution in [0.2, 0.25) is 0 Å². The second-order valence-corrected chi connectivity index (χ2v) is 9.43. The van der Waals surface area contributed by atoms with Crippen molar-refractivity contribution in [2.75, 3.05) is 5.32 Å². The van der Waals surface area contributed by atoms with Crippen LogP contribution in [-0.4, -0.2) is 38.2 Å². The Labute approximate surface area is 198 Å². The molecule has 2 aliphatic heterocycles. The van der Waals surface area contributed by atoms with Gasteiger partial charge in [0.15, 0.2) is 0 Å². The van der Waals surface area contributed by atoms with E-state index in [1.165, 1.54) is 12.8 Å². The number of hydrogen-bond acceptors (Lipinski definition) is 4.